The third-order valence-corrected chi connectivity index (χ3v) is 17.9. The summed E-state index contributed by atoms with van der Waals surface area (Å²) >= 11 is 0. The van der Waals surface area contributed by atoms with Gasteiger partial charge in [0.2, 0.25) is 0 Å². The summed E-state index contributed by atoms with van der Waals surface area (Å²) in [6.45, 7) is 31.6. The number of fused-ring (bicyclic) bond motifs is 9. The fourth-order valence-corrected chi connectivity index (χ4v) is 13.7. The molecule has 2 aliphatic heterocycles. The third-order valence-electron chi connectivity index (χ3n) is 17.9. The van der Waals surface area contributed by atoms with E-state index in [1.165, 1.54) is 148 Å². The van der Waals surface area contributed by atoms with Crippen LogP contribution in [0.5, 0.6) is 0 Å². The maximum absolute atomic E-state index is 2.75. The molecule has 12 rings (SSSR count). The van der Waals surface area contributed by atoms with Gasteiger partial charge in [0.05, 0.1) is 0 Å². The predicted molar refractivity (Wildman–Crippen MR) is 288 cm³/mol. The van der Waals surface area contributed by atoms with E-state index in [0.717, 1.165) is 0 Å². The normalized spacial score (nSPS) is 19.1. The molecule has 67 heavy (non-hydrogen) atoms. The Balaban J connectivity index is 1.27. The molecule has 0 fully saturated rings. The van der Waals surface area contributed by atoms with Crippen molar-refractivity contribution in [2.24, 2.45) is 0 Å². The van der Waals surface area contributed by atoms with E-state index < -0.39 is 0 Å². The Bertz CT molecular complexity index is 3250. The van der Waals surface area contributed by atoms with E-state index in [1.54, 1.807) is 0 Å². The number of anilines is 5. The average molecular weight is 875 g/mol. The molecule has 7 aromatic rings. The molecule has 0 spiro atoms. The van der Waals surface area contributed by atoms with E-state index in [2.05, 4.69) is 221 Å². The lowest BCUT2D eigenvalue weighted by atomic mass is 9.43. The first-order valence-electron chi connectivity index (χ1n) is 25.2. The summed E-state index contributed by atoms with van der Waals surface area (Å²) in [5.41, 5.74) is 30.1. The van der Waals surface area contributed by atoms with Crippen LogP contribution in [0.4, 0.5) is 28.4 Å². The molecule has 336 valence electrons. The molecule has 3 heteroatoms. The van der Waals surface area contributed by atoms with Crippen molar-refractivity contribution in [1.82, 2.24) is 0 Å². The van der Waals surface area contributed by atoms with Gasteiger partial charge in [0.15, 0.2) is 0 Å². The second-order valence-electron chi connectivity index (χ2n) is 24.4. The second kappa shape index (κ2) is 13.9. The van der Waals surface area contributed by atoms with Crippen LogP contribution in [0.1, 0.15) is 145 Å². The molecule has 7 aromatic carbocycles. The summed E-state index contributed by atoms with van der Waals surface area (Å²) in [6, 6.07) is 48.3. The van der Waals surface area contributed by atoms with Gasteiger partial charge in [-0.3, -0.25) is 0 Å². The Morgan fingerprint density at radius 1 is 0.403 bits per heavy atom. The summed E-state index contributed by atoms with van der Waals surface area (Å²) in [6.07, 6.45) is 4.71. The Morgan fingerprint density at radius 3 is 1.60 bits per heavy atom. The zero-order valence-electron chi connectivity index (χ0n) is 42.3. The number of para-hydroxylation sites is 1. The van der Waals surface area contributed by atoms with Crippen molar-refractivity contribution in [3.05, 3.63) is 171 Å². The van der Waals surface area contributed by atoms with Crippen LogP contribution in [0.3, 0.4) is 0 Å². The number of hydrogen-bond donors (Lipinski definition) is 0. The van der Waals surface area contributed by atoms with Crippen LogP contribution in [0.25, 0.3) is 33.4 Å². The Labute approximate surface area is 401 Å². The molecule has 2 nitrogen and oxygen atoms in total. The highest BCUT2D eigenvalue weighted by molar-refractivity contribution is 6.93. The monoisotopic (exact) mass is 875 g/mol. The zero-order valence-corrected chi connectivity index (χ0v) is 42.3. The van der Waals surface area contributed by atoms with Crippen molar-refractivity contribution in [3.63, 3.8) is 0 Å². The van der Waals surface area contributed by atoms with Gasteiger partial charge < -0.3 is 9.71 Å². The fraction of sp³-hybridized carbons (Fsp3) is 0.344. The molecule has 5 aliphatic rings. The zero-order chi connectivity index (χ0) is 46.9. The van der Waals surface area contributed by atoms with Gasteiger partial charge in [0.25, 0.3) is 0 Å². The van der Waals surface area contributed by atoms with Crippen LogP contribution >= 0.6 is 0 Å². The van der Waals surface area contributed by atoms with E-state index >= 15 is 0 Å². The number of benzene rings is 7. The van der Waals surface area contributed by atoms with Crippen molar-refractivity contribution in [2.45, 2.75) is 143 Å². The Kier molecular flexibility index (Phi) is 8.83. The molecule has 0 bridgehead atoms. The minimum atomic E-state index is -0.162. The number of rotatable bonds is 3. The van der Waals surface area contributed by atoms with Crippen molar-refractivity contribution in [2.75, 3.05) is 9.71 Å². The number of hydrogen-bond acceptors (Lipinski definition) is 2. The first-order chi connectivity index (χ1) is 31.7. The van der Waals surface area contributed by atoms with Crippen LogP contribution in [0.15, 0.2) is 121 Å². The topological polar surface area (TPSA) is 6.48 Å². The highest BCUT2D eigenvalue weighted by atomic mass is 15.2. The quantitative estimate of drug-likeness (QED) is 0.163. The van der Waals surface area contributed by atoms with Crippen LogP contribution in [-0.2, 0) is 27.1 Å². The molecule has 2 heterocycles. The molecule has 3 aliphatic carbocycles. The molecule has 0 aromatic heterocycles. The molecule has 0 N–H and O–H groups in total. The maximum atomic E-state index is 2.75. The minimum absolute atomic E-state index is 0.0531. The van der Waals surface area contributed by atoms with E-state index in [-0.39, 0.29) is 33.9 Å². The van der Waals surface area contributed by atoms with Crippen molar-refractivity contribution >= 4 is 46.2 Å². The van der Waals surface area contributed by atoms with Crippen LogP contribution in [0, 0.1) is 20.8 Å². The Morgan fingerprint density at radius 2 is 0.955 bits per heavy atom. The molecular weight excluding hydrogens is 808 g/mol. The van der Waals surface area contributed by atoms with Gasteiger partial charge in [0.1, 0.15) is 0 Å². The molecule has 0 radical (unpaired) electrons. The lowest BCUT2D eigenvalue weighted by molar-refractivity contribution is 0.332. The maximum Gasteiger partial charge on any atom is 0.333 e. The van der Waals surface area contributed by atoms with E-state index in [9.17, 15) is 0 Å². The Hall–Kier alpha value is -5.80. The third kappa shape index (κ3) is 5.95. The molecular formula is C64H67BN2. The highest BCUT2D eigenvalue weighted by Crippen LogP contribution is 2.57. The van der Waals surface area contributed by atoms with E-state index in [4.69, 9.17) is 0 Å². The lowest BCUT2D eigenvalue weighted by Crippen LogP contribution is -2.62. The van der Waals surface area contributed by atoms with Gasteiger partial charge >= 0.3 is 6.85 Å². The largest absolute Gasteiger partial charge is 0.376 e. The van der Waals surface area contributed by atoms with Crippen molar-refractivity contribution in [1.29, 1.82) is 0 Å². The van der Waals surface area contributed by atoms with E-state index in [0.29, 0.717) is 0 Å². The second-order valence-corrected chi connectivity index (χ2v) is 24.4. The molecule has 0 saturated heterocycles. The molecule has 0 amide bonds. The molecule has 0 unspecified atom stereocenters. The highest BCUT2D eigenvalue weighted by Gasteiger charge is 2.50. The van der Waals surface area contributed by atoms with Gasteiger partial charge in [-0.1, -0.05) is 142 Å². The van der Waals surface area contributed by atoms with Crippen LogP contribution in [-0.4, -0.2) is 6.85 Å². The van der Waals surface area contributed by atoms with Gasteiger partial charge in [-0.05, 0) is 205 Å². The summed E-state index contributed by atoms with van der Waals surface area (Å²) in [5, 5.41) is 0. The SMILES string of the molecule is Cc1cc2c(cc1N1c3cc4c(cc3B3c5c(cc(-c6c(C)cccc6C)cc51)-c1cc5c(cc1N3c1ccccc1)C(C)(C)CCC5(C)C)-c1ccccc1C4(C)C)C(C)(C)CCC2(C)C. The van der Waals surface area contributed by atoms with Gasteiger partial charge in [-0.2, -0.15) is 0 Å². The number of nitrogens with zero attached hydrogens (tertiary/aromatic N) is 2. The summed E-state index contributed by atoms with van der Waals surface area (Å²) in [7, 11) is 0. The van der Waals surface area contributed by atoms with Crippen LogP contribution < -0.4 is 20.6 Å². The first kappa shape index (κ1) is 42.6. The molecule has 0 saturated carbocycles. The van der Waals surface area contributed by atoms with E-state index in [1.807, 2.05) is 0 Å². The summed E-state index contributed by atoms with van der Waals surface area (Å²) in [4.78, 5) is 5.49. The average Bonchev–Trinajstić information content (AvgIpc) is 3.51. The summed E-state index contributed by atoms with van der Waals surface area (Å²) in [5.74, 6) is 0. The predicted octanol–water partition coefficient (Wildman–Crippen LogP) is 16.0. The van der Waals surface area contributed by atoms with Crippen LogP contribution in [0.2, 0.25) is 0 Å². The van der Waals surface area contributed by atoms with Crippen molar-refractivity contribution < 1.29 is 0 Å². The van der Waals surface area contributed by atoms with Gasteiger partial charge in [-0.15, -0.1) is 0 Å². The standard InChI is InChI=1S/C64H67BN2/c1-38-20-19-21-39(2)58(38)41-31-46-45-33-50-52(63(10,11)29-27-61(50,6)7)37-55(45)67(42-22-15-14-16-23-42)65-53-34-44-43-24-17-18-25-47(43)64(12,13)48(44)35-56(53)66(57(32-41)59(46)65)54-36-51-49(30-40(54)3)60(4,5)26-28-62(51,8)9/h14-25,30-37H,26-29H2,1-13H3. The van der Waals surface area contributed by atoms with Gasteiger partial charge in [-0.25, -0.2) is 0 Å². The van der Waals surface area contributed by atoms with Crippen molar-refractivity contribution in [3.8, 4) is 33.4 Å². The van der Waals surface area contributed by atoms with Gasteiger partial charge in [0, 0.05) is 39.4 Å². The summed E-state index contributed by atoms with van der Waals surface area (Å²) < 4.78 is 0. The first-order valence-corrected chi connectivity index (χ1v) is 25.2. The lowest BCUT2D eigenvalue weighted by Gasteiger charge is -2.49. The minimum Gasteiger partial charge on any atom is -0.376 e. The fourth-order valence-electron chi connectivity index (χ4n) is 13.7. The smallest absolute Gasteiger partial charge is 0.333 e. The molecule has 0 atom stereocenters. The number of aryl methyl sites for hydroxylation is 3.